The number of benzene rings is 1. The molecule has 4 heterocycles. The minimum Gasteiger partial charge on any atom is -0.378 e. The Morgan fingerprint density at radius 3 is 2.56 bits per heavy atom. The summed E-state index contributed by atoms with van der Waals surface area (Å²) in [5, 5.41) is 1.06. The molecular weight excluding hydrogens is 542 g/mol. The van der Waals surface area contributed by atoms with Gasteiger partial charge in [-0.2, -0.15) is 12.7 Å². The number of carbonyl (C=O) groups is 2. The number of aliphatic imine (C=N–C) groups is 1. The van der Waals surface area contributed by atoms with Gasteiger partial charge in [-0.3, -0.25) is 14.6 Å². The molecule has 1 aliphatic carbocycles. The molecule has 1 saturated carbocycles. The Labute approximate surface area is 241 Å². The topological polar surface area (TPSA) is 113 Å². The SMILES string of the molecule is CN(C)S(=O)(=O)NC(=O)c1ccc2c(C3CCCCC3)c3n(c2c1)CC(C(=O)N1CCOCC1)CC1CC=CN=C31. The number of nitrogens with zero attached hydrogens (tertiary/aromatic N) is 4. The summed E-state index contributed by atoms with van der Waals surface area (Å²) in [6, 6.07) is 5.47. The van der Waals surface area contributed by atoms with E-state index in [2.05, 4.69) is 15.4 Å². The van der Waals surface area contributed by atoms with Gasteiger partial charge in [0.25, 0.3) is 5.91 Å². The van der Waals surface area contributed by atoms with Crippen molar-refractivity contribution < 1.29 is 22.7 Å². The second kappa shape index (κ2) is 11.3. The number of hydrogen-bond donors (Lipinski definition) is 1. The molecule has 4 aliphatic rings. The van der Waals surface area contributed by atoms with Crippen LogP contribution in [0.15, 0.2) is 35.5 Å². The Hall–Kier alpha value is -3.02. The van der Waals surface area contributed by atoms with Crippen LogP contribution in [0.25, 0.3) is 10.9 Å². The molecule has 0 bridgehead atoms. The van der Waals surface area contributed by atoms with E-state index in [4.69, 9.17) is 9.73 Å². The first-order valence-corrected chi connectivity index (χ1v) is 16.2. The smallest absolute Gasteiger partial charge is 0.303 e. The Kier molecular flexibility index (Phi) is 7.78. The molecule has 0 spiro atoms. The van der Waals surface area contributed by atoms with Crippen LogP contribution in [0.4, 0.5) is 0 Å². The minimum atomic E-state index is -3.94. The van der Waals surface area contributed by atoms with E-state index >= 15 is 0 Å². The van der Waals surface area contributed by atoms with Crippen LogP contribution in [0.3, 0.4) is 0 Å². The molecular formula is C30H39N5O5S. The van der Waals surface area contributed by atoms with Crippen LogP contribution in [-0.2, 0) is 26.3 Å². The second-order valence-corrected chi connectivity index (χ2v) is 13.7. The van der Waals surface area contributed by atoms with Gasteiger partial charge in [-0.05, 0) is 49.3 Å². The summed E-state index contributed by atoms with van der Waals surface area (Å²) >= 11 is 0. The highest BCUT2D eigenvalue weighted by molar-refractivity contribution is 7.87. The molecule has 1 aromatic heterocycles. The van der Waals surface area contributed by atoms with E-state index in [0.29, 0.717) is 45.2 Å². The highest BCUT2D eigenvalue weighted by Crippen LogP contribution is 2.44. The number of morpholine rings is 1. The van der Waals surface area contributed by atoms with Gasteiger partial charge >= 0.3 is 10.2 Å². The van der Waals surface area contributed by atoms with E-state index < -0.39 is 16.1 Å². The van der Waals surface area contributed by atoms with E-state index in [1.807, 2.05) is 17.2 Å². The number of allylic oxidation sites excluding steroid dienone is 1. The first-order chi connectivity index (χ1) is 19.7. The van der Waals surface area contributed by atoms with Crippen LogP contribution < -0.4 is 4.72 Å². The van der Waals surface area contributed by atoms with Gasteiger partial charge in [0.05, 0.1) is 30.5 Å². The molecule has 2 aromatic rings. The molecule has 0 radical (unpaired) electrons. The minimum absolute atomic E-state index is 0.135. The summed E-state index contributed by atoms with van der Waals surface area (Å²) in [7, 11) is -1.19. The van der Waals surface area contributed by atoms with Gasteiger partial charge in [-0.15, -0.1) is 0 Å². The molecule has 2 amide bonds. The largest absolute Gasteiger partial charge is 0.378 e. The van der Waals surface area contributed by atoms with E-state index in [1.54, 1.807) is 12.1 Å². The van der Waals surface area contributed by atoms with Crippen molar-refractivity contribution in [3.8, 4) is 0 Å². The Bertz CT molecular complexity index is 1510. The van der Waals surface area contributed by atoms with Crippen molar-refractivity contribution in [3.05, 3.63) is 47.3 Å². The molecule has 11 heteroatoms. The summed E-state index contributed by atoms with van der Waals surface area (Å²) < 4.78 is 35.7. The number of amides is 2. The lowest BCUT2D eigenvalue weighted by Gasteiger charge is -2.31. The summed E-state index contributed by atoms with van der Waals surface area (Å²) in [5.41, 5.74) is 4.51. The summed E-state index contributed by atoms with van der Waals surface area (Å²) in [6.07, 6.45) is 11.3. The van der Waals surface area contributed by atoms with Crippen LogP contribution >= 0.6 is 0 Å². The second-order valence-electron chi connectivity index (χ2n) is 11.9. The van der Waals surface area contributed by atoms with Crippen molar-refractivity contribution in [2.24, 2.45) is 16.8 Å². The molecule has 2 fully saturated rings. The van der Waals surface area contributed by atoms with Crippen molar-refractivity contribution >= 4 is 38.6 Å². The standard InChI is InChI=1S/C30H39N5O5S/c1-33(2)41(38,39)32-29(36)22-10-11-24-25(18-22)35-19-23(30(37)34-13-15-40-16-14-34)17-21-9-6-12-31-27(21)28(35)26(24)20-7-4-3-5-8-20/h6,10-12,18,20-21,23H,3-5,7-9,13-17,19H2,1-2H3,(H,32,36). The average molecular weight is 582 g/mol. The molecule has 1 aromatic carbocycles. The van der Waals surface area contributed by atoms with Gasteiger partial charge in [0.1, 0.15) is 0 Å². The Morgan fingerprint density at radius 1 is 1.07 bits per heavy atom. The van der Waals surface area contributed by atoms with Crippen LogP contribution in [-0.4, -0.2) is 80.1 Å². The first-order valence-electron chi connectivity index (χ1n) is 14.7. The van der Waals surface area contributed by atoms with Crippen LogP contribution in [0.2, 0.25) is 0 Å². The lowest BCUT2D eigenvalue weighted by atomic mass is 9.79. The number of hydrogen-bond acceptors (Lipinski definition) is 6. The van der Waals surface area contributed by atoms with Crippen molar-refractivity contribution in [1.29, 1.82) is 0 Å². The zero-order valence-electron chi connectivity index (χ0n) is 23.8. The zero-order valence-corrected chi connectivity index (χ0v) is 24.7. The van der Waals surface area contributed by atoms with Crippen molar-refractivity contribution in [1.82, 2.24) is 18.5 Å². The third-order valence-corrected chi connectivity index (χ3v) is 10.5. The van der Waals surface area contributed by atoms with Gasteiger partial charge in [-0.1, -0.05) is 31.4 Å². The zero-order chi connectivity index (χ0) is 28.7. The predicted molar refractivity (Wildman–Crippen MR) is 157 cm³/mol. The molecule has 6 rings (SSSR count). The van der Waals surface area contributed by atoms with Gasteiger partial charge in [-0.25, -0.2) is 4.72 Å². The fourth-order valence-electron chi connectivity index (χ4n) is 6.95. The van der Waals surface area contributed by atoms with Crippen molar-refractivity contribution in [2.45, 2.75) is 57.4 Å². The summed E-state index contributed by atoms with van der Waals surface area (Å²) in [6.45, 7) is 2.78. The number of aromatic nitrogens is 1. The molecule has 41 heavy (non-hydrogen) atoms. The normalized spacial score (nSPS) is 23.6. The van der Waals surface area contributed by atoms with Crippen LogP contribution in [0, 0.1) is 11.8 Å². The van der Waals surface area contributed by atoms with Gasteiger partial charge in [0.15, 0.2) is 0 Å². The monoisotopic (exact) mass is 581 g/mol. The van der Waals surface area contributed by atoms with E-state index in [1.165, 1.54) is 38.9 Å². The summed E-state index contributed by atoms with van der Waals surface area (Å²) in [5.74, 6) is -0.270. The molecule has 10 nitrogen and oxygen atoms in total. The molecule has 2 unspecified atom stereocenters. The maximum atomic E-state index is 13.9. The van der Waals surface area contributed by atoms with Crippen molar-refractivity contribution in [2.75, 3.05) is 40.4 Å². The number of rotatable bonds is 5. The maximum absolute atomic E-state index is 13.9. The lowest BCUT2D eigenvalue weighted by Crippen LogP contribution is -2.44. The van der Waals surface area contributed by atoms with E-state index in [9.17, 15) is 18.0 Å². The molecule has 3 aliphatic heterocycles. The number of carbonyl (C=O) groups excluding carboxylic acids is 2. The van der Waals surface area contributed by atoms with Crippen LogP contribution in [0.5, 0.6) is 0 Å². The highest BCUT2D eigenvalue weighted by atomic mass is 32.2. The first kappa shape index (κ1) is 28.1. The molecule has 1 N–H and O–H groups in total. The summed E-state index contributed by atoms with van der Waals surface area (Å²) in [4.78, 5) is 33.9. The van der Waals surface area contributed by atoms with Gasteiger partial charge in [0.2, 0.25) is 5.91 Å². The Morgan fingerprint density at radius 2 is 1.83 bits per heavy atom. The average Bonchev–Trinajstić information content (AvgIpc) is 3.19. The Balaban J connectivity index is 1.50. The van der Waals surface area contributed by atoms with E-state index in [-0.39, 0.29) is 23.3 Å². The fourth-order valence-corrected chi connectivity index (χ4v) is 7.49. The van der Waals surface area contributed by atoms with Crippen LogP contribution in [0.1, 0.15) is 72.5 Å². The highest BCUT2D eigenvalue weighted by Gasteiger charge is 2.39. The molecule has 1 saturated heterocycles. The number of nitrogens with one attached hydrogen (secondary N) is 1. The molecule has 2 atom stereocenters. The number of fused-ring (bicyclic) bond motifs is 5. The third kappa shape index (κ3) is 5.35. The van der Waals surface area contributed by atoms with Gasteiger partial charge in [0, 0.05) is 62.3 Å². The maximum Gasteiger partial charge on any atom is 0.303 e. The number of ether oxygens (including phenoxy) is 1. The predicted octanol–water partition coefficient (Wildman–Crippen LogP) is 3.43. The third-order valence-electron chi connectivity index (χ3n) is 9.09. The van der Waals surface area contributed by atoms with Gasteiger partial charge < -0.3 is 14.2 Å². The van der Waals surface area contributed by atoms with Crippen molar-refractivity contribution in [3.63, 3.8) is 0 Å². The quantitative estimate of drug-likeness (QED) is 0.582. The molecule has 220 valence electrons. The lowest BCUT2D eigenvalue weighted by molar-refractivity contribution is -0.140. The van der Waals surface area contributed by atoms with E-state index in [0.717, 1.165) is 45.9 Å². The fraction of sp³-hybridized carbons (Fsp3) is 0.567.